The van der Waals surface area contributed by atoms with Crippen molar-refractivity contribution in [2.75, 3.05) is 22.5 Å². The van der Waals surface area contributed by atoms with E-state index in [-0.39, 0.29) is 17.6 Å². The zero-order valence-corrected chi connectivity index (χ0v) is 16.0. The van der Waals surface area contributed by atoms with Crippen molar-refractivity contribution in [3.05, 3.63) is 41.8 Å². The second-order valence-corrected chi connectivity index (χ2v) is 7.87. The Morgan fingerprint density at radius 2 is 2.26 bits per heavy atom. The topological polar surface area (TPSA) is 91.0 Å². The van der Waals surface area contributed by atoms with E-state index >= 15 is 0 Å². The molecule has 0 radical (unpaired) electrons. The minimum atomic E-state index is -0.146. The lowest BCUT2D eigenvalue weighted by Crippen LogP contribution is -2.23. The maximum absolute atomic E-state index is 12.2. The fraction of sp³-hybridized carbons (Fsp3) is 0.222. The molecule has 1 saturated heterocycles. The van der Waals surface area contributed by atoms with Crippen molar-refractivity contribution >= 4 is 46.3 Å². The van der Waals surface area contributed by atoms with E-state index in [0.29, 0.717) is 23.1 Å². The first-order valence-electron chi connectivity index (χ1n) is 8.48. The Labute approximate surface area is 164 Å². The van der Waals surface area contributed by atoms with Crippen LogP contribution in [-0.2, 0) is 9.59 Å². The summed E-state index contributed by atoms with van der Waals surface area (Å²) in [6.45, 7) is 0.726. The molecule has 9 heteroatoms. The van der Waals surface area contributed by atoms with Crippen LogP contribution in [-0.4, -0.2) is 39.3 Å². The molecule has 3 aromatic rings. The predicted molar refractivity (Wildman–Crippen MR) is 107 cm³/mol. The Hall–Kier alpha value is -2.65. The highest BCUT2D eigenvalue weighted by atomic mass is 32.2. The van der Waals surface area contributed by atoms with E-state index < -0.39 is 0 Å². The monoisotopic (exact) mass is 399 g/mol. The van der Waals surface area contributed by atoms with Crippen LogP contribution < -0.4 is 10.2 Å². The fourth-order valence-corrected chi connectivity index (χ4v) is 4.10. The number of amides is 2. The number of hydrogen-bond acceptors (Lipinski definition) is 6. The molecule has 0 unspecified atom stereocenters. The molecule has 138 valence electrons. The van der Waals surface area contributed by atoms with E-state index in [1.54, 1.807) is 16.2 Å². The number of aromatic amines is 1. The molecule has 2 amide bonds. The highest BCUT2D eigenvalue weighted by Crippen LogP contribution is 2.25. The van der Waals surface area contributed by atoms with Crippen LogP contribution in [0.5, 0.6) is 0 Å². The molecule has 1 fully saturated rings. The van der Waals surface area contributed by atoms with Crippen molar-refractivity contribution in [3.8, 4) is 10.7 Å². The van der Waals surface area contributed by atoms with Crippen LogP contribution in [0.2, 0.25) is 0 Å². The van der Waals surface area contributed by atoms with Crippen LogP contribution in [0.4, 0.5) is 11.4 Å². The van der Waals surface area contributed by atoms with Crippen LogP contribution in [0.15, 0.2) is 46.9 Å². The average molecular weight is 400 g/mol. The molecular weight excluding hydrogens is 382 g/mol. The number of thiophene rings is 1. The number of nitrogens with one attached hydrogen (secondary N) is 2. The number of hydrogen-bond donors (Lipinski definition) is 2. The van der Waals surface area contributed by atoms with Crippen LogP contribution in [0, 0.1) is 0 Å². The third-order valence-corrected chi connectivity index (χ3v) is 5.79. The smallest absolute Gasteiger partial charge is 0.234 e. The number of anilines is 2. The summed E-state index contributed by atoms with van der Waals surface area (Å²) >= 11 is 2.85. The summed E-state index contributed by atoms with van der Waals surface area (Å²) in [5.41, 5.74) is 1.49. The lowest BCUT2D eigenvalue weighted by molar-refractivity contribution is -0.117. The van der Waals surface area contributed by atoms with Gasteiger partial charge < -0.3 is 10.2 Å². The largest absolute Gasteiger partial charge is 0.325 e. The number of carbonyl (C=O) groups excluding carboxylic acids is 2. The van der Waals surface area contributed by atoms with Gasteiger partial charge in [-0.2, -0.15) is 0 Å². The van der Waals surface area contributed by atoms with Gasteiger partial charge in [0.25, 0.3) is 0 Å². The van der Waals surface area contributed by atoms with Crippen molar-refractivity contribution in [2.45, 2.75) is 18.0 Å². The Kier molecular flexibility index (Phi) is 5.21. The summed E-state index contributed by atoms with van der Waals surface area (Å²) in [5.74, 6) is 0.887. The van der Waals surface area contributed by atoms with Gasteiger partial charge in [-0.15, -0.1) is 16.4 Å². The third kappa shape index (κ3) is 4.20. The summed E-state index contributed by atoms with van der Waals surface area (Å²) < 4.78 is 0. The number of nitrogens with zero attached hydrogens (tertiary/aromatic N) is 3. The summed E-state index contributed by atoms with van der Waals surface area (Å²) in [6.07, 6.45) is 1.45. The Morgan fingerprint density at radius 1 is 1.33 bits per heavy atom. The Morgan fingerprint density at radius 3 is 3.04 bits per heavy atom. The summed E-state index contributed by atoms with van der Waals surface area (Å²) in [4.78, 5) is 31.3. The second kappa shape index (κ2) is 7.93. The van der Waals surface area contributed by atoms with Crippen molar-refractivity contribution in [1.29, 1.82) is 0 Å². The van der Waals surface area contributed by atoms with E-state index in [0.717, 1.165) is 23.5 Å². The molecule has 2 N–H and O–H groups in total. The molecule has 0 bridgehead atoms. The molecule has 0 atom stereocenters. The zero-order valence-electron chi connectivity index (χ0n) is 14.3. The van der Waals surface area contributed by atoms with E-state index in [1.165, 1.54) is 11.8 Å². The van der Waals surface area contributed by atoms with Gasteiger partial charge in [0.1, 0.15) is 0 Å². The quantitative estimate of drug-likeness (QED) is 0.620. The summed E-state index contributed by atoms with van der Waals surface area (Å²) in [5, 5.41) is 12.4. The standard InChI is InChI=1S/C18H17N5O2S2/c24-15(11-27-18-20-17(21-22-18)14-6-3-9-26-14)19-12-4-1-5-13(10-12)23-8-2-7-16(23)25/h1,3-6,9-10H,2,7-8,11H2,(H,19,24)(H,20,21,22). The molecule has 0 spiro atoms. The van der Waals surface area contributed by atoms with Crippen molar-refractivity contribution in [2.24, 2.45) is 0 Å². The maximum atomic E-state index is 12.2. The molecule has 0 aliphatic carbocycles. The first-order chi connectivity index (χ1) is 13.2. The number of benzene rings is 1. The lowest BCUT2D eigenvalue weighted by Gasteiger charge is -2.16. The van der Waals surface area contributed by atoms with Crippen LogP contribution in [0.3, 0.4) is 0 Å². The molecular formula is C18H17N5O2S2. The Balaban J connectivity index is 1.34. The number of aromatic nitrogens is 3. The van der Waals surface area contributed by atoms with Gasteiger partial charge in [0.05, 0.1) is 10.6 Å². The first-order valence-corrected chi connectivity index (χ1v) is 10.3. The van der Waals surface area contributed by atoms with Gasteiger partial charge in [0, 0.05) is 24.3 Å². The van der Waals surface area contributed by atoms with Crippen molar-refractivity contribution in [1.82, 2.24) is 15.2 Å². The summed E-state index contributed by atoms with van der Waals surface area (Å²) in [7, 11) is 0. The van der Waals surface area contributed by atoms with Gasteiger partial charge in [-0.25, -0.2) is 4.98 Å². The fourth-order valence-electron chi connectivity index (χ4n) is 2.83. The van der Waals surface area contributed by atoms with Crippen LogP contribution in [0.25, 0.3) is 10.7 Å². The number of thioether (sulfide) groups is 1. The molecule has 2 aromatic heterocycles. The lowest BCUT2D eigenvalue weighted by atomic mass is 10.2. The van der Waals surface area contributed by atoms with Gasteiger partial charge in [-0.1, -0.05) is 23.9 Å². The molecule has 1 aromatic carbocycles. The van der Waals surface area contributed by atoms with Gasteiger partial charge in [0.2, 0.25) is 17.0 Å². The molecule has 1 aliphatic rings. The van der Waals surface area contributed by atoms with Crippen molar-refractivity contribution < 1.29 is 9.59 Å². The van der Waals surface area contributed by atoms with Crippen LogP contribution in [0.1, 0.15) is 12.8 Å². The van der Waals surface area contributed by atoms with Crippen molar-refractivity contribution in [3.63, 3.8) is 0 Å². The normalized spacial score (nSPS) is 13.9. The minimum Gasteiger partial charge on any atom is -0.325 e. The molecule has 4 rings (SSSR count). The number of carbonyl (C=O) groups is 2. The highest BCUT2D eigenvalue weighted by Gasteiger charge is 2.21. The second-order valence-electron chi connectivity index (χ2n) is 5.98. The van der Waals surface area contributed by atoms with Gasteiger partial charge in [0.15, 0.2) is 5.82 Å². The zero-order chi connectivity index (χ0) is 18.6. The minimum absolute atomic E-state index is 0.125. The maximum Gasteiger partial charge on any atom is 0.234 e. The third-order valence-electron chi connectivity index (χ3n) is 4.07. The average Bonchev–Trinajstić information content (AvgIpc) is 3.41. The van der Waals surface area contributed by atoms with E-state index in [9.17, 15) is 9.59 Å². The number of rotatable bonds is 6. The number of H-pyrrole nitrogens is 1. The molecule has 1 aliphatic heterocycles. The SMILES string of the molecule is O=C(CSc1n[nH]c(-c2cccs2)n1)Nc1cccc(N2CCCC2=O)c1. The summed E-state index contributed by atoms with van der Waals surface area (Å²) in [6, 6.07) is 11.3. The van der Waals surface area contributed by atoms with Gasteiger partial charge in [-0.3, -0.25) is 14.7 Å². The van der Waals surface area contributed by atoms with Gasteiger partial charge in [-0.05, 0) is 36.1 Å². The van der Waals surface area contributed by atoms with Gasteiger partial charge >= 0.3 is 0 Å². The molecule has 3 heterocycles. The van der Waals surface area contributed by atoms with E-state index in [2.05, 4.69) is 20.5 Å². The highest BCUT2D eigenvalue weighted by molar-refractivity contribution is 7.99. The van der Waals surface area contributed by atoms with E-state index in [1.807, 2.05) is 41.8 Å². The van der Waals surface area contributed by atoms with E-state index in [4.69, 9.17) is 0 Å². The molecule has 0 saturated carbocycles. The Bertz CT molecular complexity index is 954. The molecule has 7 nitrogen and oxygen atoms in total. The first kappa shape index (κ1) is 17.7. The molecule has 27 heavy (non-hydrogen) atoms. The van der Waals surface area contributed by atoms with Crippen LogP contribution >= 0.6 is 23.1 Å². The predicted octanol–water partition coefficient (Wildman–Crippen LogP) is 3.39.